The highest BCUT2D eigenvalue weighted by atomic mass is 79.9. The number of rotatable bonds is 3. The summed E-state index contributed by atoms with van der Waals surface area (Å²) in [5.74, 6) is -0.791. The van der Waals surface area contributed by atoms with Crippen LogP contribution in [0.4, 0.5) is 4.39 Å². The van der Waals surface area contributed by atoms with Crippen LogP contribution in [-0.4, -0.2) is 26.5 Å². The van der Waals surface area contributed by atoms with E-state index in [1.807, 2.05) is 0 Å². The van der Waals surface area contributed by atoms with Crippen molar-refractivity contribution >= 4 is 21.8 Å². The third kappa shape index (κ3) is 2.70. The van der Waals surface area contributed by atoms with Crippen LogP contribution >= 0.6 is 15.9 Å². The van der Waals surface area contributed by atoms with Gasteiger partial charge in [0.1, 0.15) is 5.82 Å². The molecule has 0 radical (unpaired) electrons. The monoisotopic (exact) mass is 313 g/mol. The average molecular weight is 314 g/mol. The van der Waals surface area contributed by atoms with Crippen molar-refractivity contribution in [2.24, 2.45) is 0 Å². The van der Waals surface area contributed by atoms with Crippen LogP contribution in [0.2, 0.25) is 0 Å². The third-order valence-corrected chi connectivity index (χ3v) is 2.77. The molecule has 0 saturated carbocycles. The van der Waals surface area contributed by atoms with Crippen molar-refractivity contribution in [3.63, 3.8) is 0 Å². The summed E-state index contributed by atoms with van der Waals surface area (Å²) in [6.07, 6.45) is 0. The molecule has 0 bridgehead atoms. The molecular formula is C10H9BrFN5O. The molecular weight excluding hydrogens is 305 g/mol. The van der Waals surface area contributed by atoms with Crippen molar-refractivity contribution in [1.29, 1.82) is 0 Å². The molecule has 6 nitrogen and oxygen atoms in total. The molecule has 0 aliphatic heterocycles. The lowest BCUT2D eigenvalue weighted by molar-refractivity contribution is 0.0934. The van der Waals surface area contributed by atoms with E-state index in [1.165, 1.54) is 12.1 Å². The first-order valence-electron chi connectivity index (χ1n) is 5.07. The fourth-order valence-corrected chi connectivity index (χ4v) is 1.70. The second-order valence-corrected chi connectivity index (χ2v) is 4.50. The first kappa shape index (κ1) is 12.6. The third-order valence-electron chi connectivity index (χ3n) is 2.27. The molecule has 0 spiro atoms. The molecule has 8 heteroatoms. The smallest absolute Gasteiger partial charge is 0.254 e. The summed E-state index contributed by atoms with van der Waals surface area (Å²) in [6.45, 7) is 1.68. The van der Waals surface area contributed by atoms with Crippen molar-refractivity contribution < 1.29 is 9.18 Å². The van der Waals surface area contributed by atoms with Crippen molar-refractivity contribution in [3.8, 4) is 0 Å². The molecule has 0 aliphatic rings. The van der Waals surface area contributed by atoms with Crippen LogP contribution in [-0.2, 0) is 0 Å². The molecule has 18 heavy (non-hydrogen) atoms. The van der Waals surface area contributed by atoms with Gasteiger partial charge in [0.15, 0.2) is 5.82 Å². The van der Waals surface area contributed by atoms with E-state index < -0.39 is 17.8 Å². The van der Waals surface area contributed by atoms with E-state index in [0.29, 0.717) is 10.3 Å². The van der Waals surface area contributed by atoms with Gasteiger partial charge < -0.3 is 5.32 Å². The molecule has 2 rings (SSSR count). The SMILES string of the molecule is CC(NC(=O)c1ccc(Br)cc1F)c1nn[nH]n1. The normalized spacial score (nSPS) is 12.2. The lowest BCUT2D eigenvalue weighted by Gasteiger charge is -2.10. The lowest BCUT2D eigenvalue weighted by Crippen LogP contribution is -2.28. The molecule has 0 fully saturated rings. The van der Waals surface area contributed by atoms with Gasteiger partial charge in [0.25, 0.3) is 5.91 Å². The van der Waals surface area contributed by atoms with Gasteiger partial charge >= 0.3 is 0 Å². The topological polar surface area (TPSA) is 83.6 Å². The highest BCUT2D eigenvalue weighted by Gasteiger charge is 2.17. The Morgan fingerprint density at radius 1 is 1.56 bits per heavy atom. The predicted octanol–water partition coefficient (Wildman–Crippen LogP) is 1.59. The van der Waals surface area contributed by atoms with Crippen LogP contribution < -0.4 is 5.32 Å². The molecule has 1 aromatic heterocycles. The number of hydrogen-bond donors (Lipinski definition) is 2. The second kappa shape index (κ2) is 5.21. The van der Waals surface area contributed by atoms with Gasteiger partial charge in [0.05, 0.1) is 11.6 Å². The Hall–Kier alpha value is -1.83. The van der Waals surface area contributed by atoms with E-state index in [-0.39, 0.29) is 5.56 Å². The molecule has 0 aliphatic carbocycles. The summed E-state index contributed by atoms with van der Waals surface area (Å²) in [5, 5.41) is 15.7. The summed E-state index contributed by atoms with van der Waals surface area (Å²) in [6, 6.07) is 3.77. The summed E-state index contributed by atoms with van der Waals surface area (Å²) in [5.41, 5.74) is -0.0338. The molecule has 1 amide bonds. The van der Waals surface area contributed by atoms with Crippen molar-refractivity contribution in [1.82, 2.24) is 25.9 Å². The van der Waals surface area contributed by atoms with Gasteiger partial charge in [0, 0.05) is 4.47 Å². The van der Waals surface area contributed by atoms with Gasteiger partial charge in [-0.1, -0.05) is 21.1 Å². The van der Waals surface area contributed by atoms with Crippen LogP contribution in [0.15, 0.2) is 22.7 Å². The van der Waals surface area contributed by atoms with Crippen molar-refractivity contribution in [2.75, 3.05) is 0 Å². The summed E-state index contributed by atoms with van der Waals surface area (Å²) in [4.78, 5) is 11.8. The largest absolute Gasteiger partial charge is 0.342 e. The first-order valence-corrected chi connectivity index (χ1v) is 5.86. The Kier molecular flexibility index (Phi) is 3.66. The van der Waals surface area contributed by atoms with Crippen LogP contribution in [0.25, 0.3) is 0 Å². The number of halogens is 2. The summed E-state index contributed by atoms with van der Waals surface area (Å²) in [7, 11) is 0. The number of aromatic amines is 1. The highest BCUT2D eigenvalue weighted by Crippen LogP contribution is 2.16. The molecule has 1 unspecified atom stereocenters. The van der Waals surface area contributed by atoms with Crippen molar-refractivity contribution in [2.45, 2.75) is 13.0 Å². The number of nitrogens with zero attached hydrogens (tertiary/aromatic N) is 3. The zero-order valence-corrected chi connectivity index (χ0v) is 10.9. The molecule has 0 saturated heterocycles. The maximum atomic E-state index is 13.6. The Bertz CT molecular complexity index is 559. The van der Waals surface area contributed by atoms with Gasteiger partial charge in [-0.05, 0) is 25.1 Å². The minimum absolute atomic E-state index is 0.0338. The second-order valence-electron chi connectivity index (χ2n) is 3.59. The lowest BCUT2D eigenvalue weighted by atomic mass is 10.2. The number of benzene rings is 1. The predicted molar refractivity (Wildman–Crippen MR) is 64.2 cm³/mol. The van der Waals surface area contributed by atoms with E-state index in [2.05, 4.69) is 41.9 Å². The number of tetrazole rings is 1. The minimum Gasteiger partial charge on any atom is -0.342 e. The van der Waals surface area contributed by atoms with Gasteiger partial charge in [0.2, 0.25) is 0 Å². The first-order chi connectivity index (χ1) is 8.58. The Labute approximate surface area is 110 Å². The Balaban J connectivity index is 2.12. The van der Waals surface area contributed by atoms with E-state index >= 15 is 0 Å². The standard InChI is InChI=1S/C10H9BrFN5O/c1-5(9-14-16-17-15-9)13-10(18)7-3-2-6(11)4-8(7)12/h2-5H,1H3,(H,13,18)(H,14,15,16,17). The van der Waals surface area contributed by atoms with E-state index in [9.17, 15) is 9.18 Å². The molecule has 2 aromatic rings. The number of aromatic nitrogens is 4. The Morgan fingerprint density at radius 2 is 2.33 bits per heavy atom. The molecule has 1 aromatic carbocycles. The van der Waals surface area contributed by atoms with Gasteiger partial charge in [-0.2, -0.15) is 5.21 Å². The van der Waals surface area contributed by atoms with E-state index in [4.69, 9.17) is 0 Å². The zero-order valence-electron chi connectivity index (χ0n) is 9.32. The van der Waals surface area contributed by atoms with Gasteiger partial charge in [-0.15, -0.1) is 10.2 Å². The van der Waals surface area contributed by atoms with E-state index in [0.717, 1.165) is 0 Å². The number of carbonyl (C=O) groups excluding carboxylic acids is 1. The maximum Gasteiger partial charge on any atom is 0.254 e. The van der Waals surface area contributed by atoms with Gasteiger partial charge in [-0.3, -0.25) is 4.79 Å². The molecule has 1 heterocycles. The number of nitrogens with one attached hydrogen (secondary N) is 2. The van der Waals surface area contributed by atoms with Crippen LogP contribution in [0, 0.1) is 5.82 Å². The number of hydrogen-bond acceptors (Lipinski definition) is 4. The minimum atomic E-state index is -0.595. The number of H-pyrrole nitrogens is 1. The summed E-state index contributed by atoms with van der Waals surface area (Å²) >= 11 is 3.12. The summed E-state index contributed by atoms with van der Waals surface area (Å²) < 4.78 is 14.1. The zero-order chi connectivity index (χ0) is 13.1. The number of amides is 1. The highest BCUT2D eigenvalue weighted by molar-refractivity contribution is 9.10. The Morgan fingerprint density at radius 3 is 2.94 bits per heavy atom. The van der Waals surface area contributed by atoms with Crippen molar-refractivity contribution in [3.05, 3.63) is 39.9 Å². The maximum absolute atomic E-state index is 13.6. The quantitative estimate of drug-likeness (QED) is 0.901. The van der Waals surface area contributed by atoms with Crippen LogP contribution in [0.3, 0.4) is 0 Å². The molecule has 2 N–H and O–H groups in total. The average Bonchev–Trinajstić information content (AvgIpc) is 2.81. The van der Waals surface area contributed by atoms with Gasteiger partial charge in [-0.25, -0.2) is 4.39 Å². The fraction of sp³-hybridized carbons (Fsp3) is 0.200. The molecule has 94 valence electrons. The number of carbonyl (C=O) groups is 1. The molecule has 1 atom stereocenters. The van der Waals surface area contributed by atoms with E-state index in [1.54, 1.807) is 13.0 Å². The van der Waals surface area contributed by atoms with Crippen LogP contribution in [0.5, 0.6) is 0 Å². The van der Waals surface area contributed by atoms with Crippen LogP contribution in [0.1, 0.15) is 29.1 Å². The fourth-order valence-electron chi connectivity index (χ4n) is 1.37.